The molecule has 0 atom stereocenters. The Bertz CT molecular complexity index is 576. The smallest absolute Gasteiger partial charge is 0.235 e. The topological polar surface area (TPSA) is 83.1 Å². The van der Waals surface area contributed by atoms with Crippen LogP contribution in [0.5, 0.6) is 5.75 Å². The van der Waals surface area contributed by atoms with E-state index >= 15 is 0 Å². The van der Waals surface area contributed by atoms with Gasteiger partial charge in [0.05, 0.1) is 33.0 Å². The fourth-order valence-electron chi connectivity index (χ4n) is 1.80. The molecule has 0 spiro atoms. The van der Waals surface area contributed by atoms with Crippen LogP contribution in [0.25, 0.3) is 0 Å². The van der Waals surface area contributed by atoms with Crippen molar-refractivity contribution in [2.45, 2.75) is 6.42 Å². The molecule has 0 saturated carbocycles. The van der Waals surface area contributed by atoms with E-state index in [0.717, 1.165) is 0 Å². The summed E-state index contributed by atoms with van der Waals surface area (Å²) < 4.78 is 20.9. The van der Waals surface area contributed by atoms with E-state index in [9.17, 15) is 9.59 Å². The van der Waals surface area contributed by atoms with Gasteiger partial charge in [0.25, 0.3) is 0 Å². The average molecular weight is 363 g/mol. The van der Waals surface area contributed by atoms with Crippen molar-refractivity contribution < 1.29 is 28.5 Å². The van der Waals surface area contributed by atoms with Gasteiger partial charge in [-0.1, -0.05) is 5.92 Å². The second-order valence-corrected chi connectivity index (χ2v) is 5.04. The summed E-state index contributed by atoms with van der Waals surface area (Å²) in [5, 5.41) is 2.50. The van der Waals surface area contributed by atoms with Gasteiger partial charge < -0.3 is 24.3 Å². The van der Waals surface area contributed by atoms with Gasteiger partial charge in [-0.25, -0.2) is 0 Å². The standard InChI is InChI=1S/C19H25NO6/c1-23-12-15-26-18-7-5-17(6-8-18)19(22)4-2-3-10-24-13-14-25-11-9-20-16-21/h5-8,16H,3,9-15H2,1H3,(H,20,21). The third kappa shape index (κ3) is 10.5. The molecule has 0 aliphatic heterocycles. The second kappa shape index (κ2) is 14.9. The van der Waals surface area contributed by atoms with Crippen LogP contribution in [-0.4, -0.2) is 65.5 Å². The lowest BCUT2D eigenvalue weighted by molar-refractivity contribution is -0.109. The number of rotatable bonds is 14. The number of carbonyl (C=O) groups is 2. The summed E-state index contributed by atoms with van der Waals surface area (Å²) in [6, 6.07) is 6.84. The van der Waals surface area contributed by atoms with E-state index in [1.807, 2.05) is 0 Å². The van der Waals surface area contributed by atoms with Crippen molar-refractivity contribution in [3.8, 4) is 17.6 Å². The third-order valence-corrected chi connectivity index (χ3v) is 3.09. The summed E-state index contributed by atoms with van der Waals surface area (Å²) in [6.07, 6.45) is 1.10. The molecule has 1 amide bonds. The fourth-order valence-corrected chi connectivity index (χ4v) is 1.80. The number of ether oxygens (including phenoxy) is 4. The number of methoxy groups -OCH3 is 1. The van der Waals surface area contributed by atoms with Crippen LogP contribution >= 0.6 is 0 Å². The van der Waals surface area contributed by atoms with Gasteiger partial charge in [0.1, 0.15) is 12.4 Å². The van der Waals surface area contributed by atoms with E-state index in [0.29, 0.717) is 70.3 Å². The van der Waals surface area contributed by atoms with E-state index < -0.39 is 0 Å². The van der Waals surface area contributed by atoms with Crippen LogP contribution in [-0.2, 0) is 19.0 Å². The summed E-state index contributed by atoms with van der Waals surface area (Å²) in [7, 11) is 1.61. The van der Waals surface area contributed by atoms with Crippen LogP contribution in [0.15, 0.2) is 24.3 Å². The molecule has 26 heavy (non-hydrogen) atoms. The molecule has 0 aromatic heterocycles. The normalized spacial score (nSPS) is 9.88. The molecule has 7 nitrogen and oxygen atoms in total. The minimum Gasteiger partial charge on any atom is -0.491 e. The first-order chi connectivity index (χ1) is 12.8. The number of amides is 1. The average Bonchev–Trinajstić information content (AvgIpc) is 2.66. The van der Waals surface area contributed by atoms with Gasteiger partial charge in [-0.2, -0.15) is 0 Å². The highest BCUT2D eigenvalue weighted by molar-refractivity contribution is 6.09. The molecule has 0 aliphatic rings. The maximum atomic E-state index is 12.0. The number of Topliss-reactive ketones (excluding diaryl/α,β-unsaturated/α-hetero) is 1. The van der Waals surface area contributed by atoms with Crippen molar-refractivity contribution in [3.63, 3.8) is 0 Å². The lowest BCUT2D eigenvalue weighted by atomic mass is 10.1. The number of carbonyl (C=O) groups excluding carboxylic acids is 2. The predicted molar refractivity (Wildman–Crippen MR) is 96.2 cm³/mol. The molecule has 1 rings (SSSR count). The van der Waals surface area contributed by atoms with E-state index in [4.69, 9.17) is 18.9 Å². The van der Waals surface area contributed by atoms with Gasteiger partial charge in [-0.3, -0.25) is 9.59 Å². The Morgan fingerprint density at radius 2 is 1.77 bits per heavy atom. The van der Waals surface area contributed by atoms with Crippen LogP contribution in [0.1, 0.15) is 16.8 Å². The van der Waals surface area contributed by atoms with Gasteiger partial charge in [-0.15, -0.1) is 0 Å². The molecule has 0 aliphatic carbocycles. The van der Waals surface area contributed by atoms with E-state index in [1.165, 1.54) is 0 Å². The molecule has 0 bridgehead atoms. The Labute approximate surface area is 154 Å². The van der Waals surface area contributed by atoms with Gasteiger partial charge in [0.15, 0.2) is 0 Å². The van der Waals surface area contributed by atoms with Crippen molar-refractivity contribution in [2.24, 2.45) is 0 Å². The van der Waals surface area contributed by atoms with Gasteiger partial charge >= 0.3 is 0 Å². The highest BCUT2D eigenvalue weighted by atomic mass is 16.5. The van der Waals surface area contributed by atoms with Crippen molar-refractivity contribution in [3.05, 3.63) is 29.8 Å². The highest BCUT2D eigenvalue weighted by Crippen LogP contribution is 2.12. The molecule has 1 N–H and O–H groups in total. The van der Waals surface area contributed by atoms with E-state index in [-0.39, 0.29) is 5.78 Å². The monoisotopic (exact) mass is 363 g/mol. The molecule has 0 saturated heterocycles. The third-order valence-electron chi connectivity index (χ3n) is 3.09. The van der Waals surface area contributed by atoms with Crippen LogP contribution in [0.2, 0.25) is 0 Å². The van der Waals surface area contributed by atoms with E-state index in [1.54, 1.807) is 31.4 Å². The lowest BCUT2D eigenvalue weighted by Crippen LogP contribution is -2.18. The minimum absolute atomic E-state index is 0.237. The zero-order chi connectivity index (χ0) is 18.9. The molecule has 0 radical (unpaired) electrons. The summed E-state index contributed by atoms with van der Waals surface area (Å²) in [5.41, 5.74) is 0.523. The molecule has 7 heteroatoms. The molecule has 1 aromatic rings. The summed E-state index contributed by atoms with van der Waals surface area (Å²) >= 11 is 0. The number of benzene rings is 1. The highest BCUT2D eigenvalue weighted by Gasteiger charge is 2.02. The molecule has 0 heterocycles. The first-order valence-corrected chi connectivity index (χ1v) is 8.35. The summed E-state index contributed by atoms with van der Waals surface area (Å²) in [4.78, 5) is 22.0. The molecule has 1 aromatic carbocycles. The summed E-state index contributed by atoms with van der Waals surface area (Å²) in [6.45, 7) is 3.24. The van der Waals surface area contributed by atoms with Crippen molar-refractivity contribution in [1.29, 1.82) is 0 Å². The molecular formula is C19H25NO6. The van der Waals surface area contributed by atoms with Gasteiger partial charge in [0, 0.05) is 25.6 Å². The Balaban J connectivity index is 2.14. The Morgan fingerprint density at radius 3 is 2.46 bits per heavy atom. The Kier molecular flexibility index (Phi) is 12.4. The lowest BCUT2D eigenvalue weighted by Gasteiger charge is -2.05. The van der Waals surface area contributed by atoms with Gasteiger partial charge in [0.2, 0.25) is 12.2 Å². The number of hydrogen-bond donors (Lipinski definition) is 1. The van der Waals surface area contributed by atoms with Crippen LogP contribution in [0.4, 0.5) is 0 Å². The van der Waals surface area contributed by atoms with Crippen molar-refractivity contribution in [2.75, 3.05) is 53.3 Å². The second-order valence-electron chi connectivity index (χ2n) is 5.04. The van der Waals surface area contributed by atoms with Crippen molar-refractivity contribution in [1.82, 2.24) is 5.32 Å². The molecule has 142 valence electrons. The quantitative estimate of drug-likeness (QED) is 0.175. The maximum Gasteiger partial charge on any atom is 0.235 e. The zero-order valence-electron chi connectivity index (χ0n) is 15.0. The molecule has 0 unspecified atom stereocenters. The Morgan fingerprint density at radius 1 is 1.04 bits per heavy atom. The van der Waals surface area contributed by atoms with E-state index in [2.05, 4.69) is 17.2 Å². The SMILES string of the molecule is COCCOc1ccc(C(=O)C#CCCOCCOCCNC=O)cc1. The maximum absolute atomic E-state index is 12.0. The van der Waals surface area contributed by atoms with Crippen LogP contribution < -0.4 is 10.1 Å². The zero-order valence-corrected chi connectivity index (χ0v) is 15.0. The molecular weight excluding hydrogens is 338 g/mol. The number of nitrogens with one attached hydrogen (secondary N) is 1. The van der Waals surface area contributed by atoms with Crippen LogP contribution in [0, 0.1) is 11.8 Å². The van der Waals surface area contributed by atoms with Crippen LogP contribution in [0.3, 0.4) is 0 Å². The minimum atomic E-state index is -0.237. The largest absolute Gasteiger partial charge is 0.491 e. The molecule has 0 fully saturated rings. The fraction of sp³-hybridized carbons (Fsp3) is 0.474. The Hall–Kier alpha value is -2.40. The summed E-state index contributed by atoms with van der Waals surface area (Å²) in [5.74, 6) is 5.84. The number of ketones is 1. The number of hydrogen-bond acceptors (Lipinski definition) is 6. The first-order valence-electron chi connectivity index (χ1n) is 8.35. The first kappa shape index (κ1) is 21.6. The predicted octanol–water partition coefficient (Wildman–Crippen LogP) is 1.07. The van der Waals surface area contributed by atoms with Crippen molar-refractivity contribution >= 4 is 12.2 Å². The van der Waals surface area contributed by atoms with Gasteiger partial charge in [-0.05, 0) is 30.2 Å².